The molecule has 1 saturated heterocycles. The highest BCUT2D eigenvalue weighted by atomic mass is 16.6. The van der Waals surface area contributed by atoms with Crippen molar-refractivity contribution in [1.82, 2.24) is 0 Å². The van der Waals surface area contributed by atoms with Crippen molar-refractivity contribution in [3.8, 4) is 5.75 Å². The number of nitro groups is 1. The number of carbonyl (C=O) groups excluding carboxylic acids is 2. The number of anilines is 1. The molecule has 1 heterocycles. The maximum atomic E-state index is 13.2. The van der Waals surface area contributed by atoms with Gasteiger partial charge in [-0.3, -0.25) is 24.6 Å². The lowest BCUT2D eigenvalue weighted by Gasteiger charge is -2.25. The number of benzene rings is 3. The van der Waals surface area contributed by atoms with Crippen LogP contribution < -0.4 is 9.64 Å². The summed E-state index contributed by atoms with van der Waals surface area (Å²) >= 11 is 0. The number of aliphatic hydroxyl groups is 1. The van der Waals surface area contributed by atoms with Crippen LogP contribution in [0, 0.1) is 10.1 Å². The number of ketones is 1. The Kier molecular flexibility index (Phi) is 5.91. The van der Waals surface area contributed by atoms with E-state index in [0.29, 0.717) is 23.6 Å². The summed E-state index contributed by atoms with van der Waals surface area (Å²) in [6.45, 7) is 2.29. The van der Waals surface area contributed by atoms with Gasteiger partial charge in [0.05, 0.1) is 22.7 Å². The molecule has 8 nitrogen and oxygen atoms in total. The largest absolute Gasteiger partial charge is 0.507 e. The highest BCUT2D eigenvalue weighted by molar-refractivity contribution is 6.51. The number of ether oxygens (including phenoxy) is 1. The van der Waals surface area contributed by atoms with E-state index in [-0.39, 0.29) is 16.8 Å². The van der Waals surface area contributed by atoms with Crippen LogP contribution in [0.25, 0.3) is 5.76 Å². The summed E-state index contributed by atoms with van der Waals surface area (Å²) in [5.74, 6) is -1.64. The number of para-hydroxylation sites is 1. The zero-order valence-corrected chi connectivity index (χ0v) is 17.7. The highest BCUT2D eigenvalue weighted by Gasteiger charge is 2.48. The molecular weight excluding hydrogens is 424 g/mol. The molecule has 1 aliphatic rings. The average Bonchev–Trinajstić information content (AvgIpc) is 3.10. The standard InChI is InChI=1S/C25H20N2O6/c1-2-33-18-14-12-17(13-15-18)26-22(19-10-6-7-11-20(19)27(31)32)21(24(29)25(26)30)23(28)16-8-4-3-5-9-16/h3-15,22,28H,2H2,1H3/b23-21+/t22-/m0/s1. The first-order chi connectivity index (χ1) is 15.9. The molecule has 1 atom stereocenters. The molecule has 3 aromatic rings. The number of hydrogen-bond donors (Lipinski definition) is 1. The third kappa shape index (κ3) is 3.94. The van der Waals surface area contributed by atoms with Gasteiger partial charge in [-0.15, -0.1) is 0 Å². The number of hydrogen-bond acceptors (Lipinski definition) is 6. The Hall–Kier alpha value is -4.46. The van der Waals surface area contributed by atoms with Crippen LogP contribution in [0.2, 0.25) is 0 Å². The van der Waals surface area contributed by atoms with Crippen molar-refractivity contribution in [2.75, 3.05) is 11.5 Å². The SMILES string of the molecule is CCOc1ccc(N2C(=O)C(=O)/C(=C(/O)c3ccccc3)[C@@H]2c2ccccc2[N+](=O)[O-])cc1. The Morgan fingerprint density at radius 1 is 1.00 bits per heavy atom. The fourth-order valence-electron chi connectivity index (χ4n) is 3.90. The Morgan fingerprint density at radius 2 is 1.64 bits per heavy atom. The Labute approximate surface area is 189 Å². The van der Waals surface area contributed by atoms with Crippen molar-refractivity contribution < 1.29 is 24.4 Å². The van der Waals surface area contributed by atoms with Crippen molar-refractivity contribution in [2.45, 2.75) is 13.0 Å². The van der Waals surface area contributed by atoms with Crippen molar-refractivity contribution in [3.05, 3.63) is 106 Å². The van der Waals surface area contributed by atoms with Gasteiger partial charge >= 0.3 is 0 Å². The topological polar surface area (TPSA) is 110 Å². The minimum absolute atomic E-state index is 0.119. The molecule has 0 spiro atoms. The summed E-state index contributed by atoms with van der Waals surface area (Å²) in [5, 5.41) is 22.8. The molecular formula is C25H20N2O6. The molecule has 166 valence electrons. The summed E-state index contributed by atoms with van der Waals surface area (Å²) in [5.41, 5.74) is 0.309. The number of amides is 1. The van der Waals surface area contributed by atoms with Crippen LogP contribution in [0.15, 0.2) is 84.4 Å². The lowest BCUT2D eigenvalue weighted by molar-refractivity contribution is -0.385. The quantitative estimate of drug-likeness (QED) is 0.195. The molecule has 0 radical (unpaired) electrons. The van der Waals surface area contributed by atoms with E-state index < -0.39 is 28.4 Å². The number of nitro benzene ring substituents is 1. The van der Waals surface area contributed by atoms with Crippen molar-refractivity contribution >= 4 is 28.8 Å². The van der Waals surface area contributed by atoms with E-state index in [0.717, 1.165) is 0 Å². The van der Waals surface area contributed by atoms with Gasteiger partial charge in [0.1, 0.15) is 17.6 Å². The zero-order chi connectivity index (χ0) is 23.5. The molecule has 0 aromatic heterocycles. The number of rotatable bonds is 6. The van der Waals surface area contributed by atoms with Gasteiger partial charge in [0.25, 0.3) is 17.4 Å². The average molecular weight is 444 g/mol. The molecule has 1 fully saturated rings. The summed E-state index contributed by atoms with van der Waals surface area (Å²) < 4.78 is 5.44. The van der Waals surface area contributed by atoms with Gasteiger partial charge in [0.2, 0.25) is 0 Å². The highest BCUT2D eigenvalue weighted by Crippen LogP contribution is 2.44. The van der Waals surface area contributed by atoms with Crippen LogP contribution in [0.4, 0.5) is 11.4 Å². The number of nitrogens with zero attached hydrogens (tertiary/aromatic N) is 2. The third-order valence-corrected chi connectivity index (χ3v) is 5.35. The molecule has 8 heteroatoms. The fraction of sp³-hybridized carbons (Fsp3) is 0.120. The molecule has 0 unspecified atom stereocenters. The smallest absolute Gasteiger partial charge is 0.300 e. The monoisotopic (exact) mass is 444 g/mol. The Morgan fingerprint density at radius 3 is 2.27 bits per heavy atom. The molecule has 0 aliphatic carbocycles. The summed E-state index contributed by atoms with van der Waals surface area (Å²) in [6.07, 6.45) is 0. The van der Waals surface area contributed by atoms with Crippen molar-refractivity contribution in [1.29, 1.82) is 0 Å². The molecule has 1 amide bonds. The molecule has 0 bridgehead atoms. The van der Waals surface area contributed by atoms with E-state index in [1.807, 2.05) is 6.92 Å². The molecule has 1 aliphatic heterocycles. The normalized spacial score (nSPS) is 17.2. The number of aliphatic hydroxyl groups excluding tert-OH is 1. The molecule has 3 aromatic carbocycles. The molecule has 0 saturated carbocycles. The van der Waals surface area contributed by atoms with Gasteiger partial charge in [0, 0.05) is 17.3 Å². The van der Waals surface area contributed by atoms with Crippen LogP contribution in [0.1, 0.15) is 24.1 Å². The third-order valence-electron chi connectivity index (χ3n) is 5.35. The Bertz CT molecular complexity index is 1250. The second-order valence-corrected chi connectivity index (χ2v) is 7.28. The van der Waals surface area contributed by atoms with Gasteiger partial charge in [-0.05, 0) is 37.3 Å². The minimum Gasteiger partial charge on any atom is -0.507 e. The number of Topliss-reactive ketones (excluding diaryl/α,β-unsaturated/α-hetero) is 1. The van der Waals surface area contributed by atoms with E-state index in [2.05, 4.69) is 0 Å². The first kappa shape index (κ1) is 21.8. The van der Waals surface area contributed by atoms with E-state index >= 15 is 0 Å². The summed E-state index contributed by atoms with van der Waals surface area (Å²) in [6, 6.07) is 19.5. The predicted molar refractivity (Wildman–Crippen MR) is 122 cm³/mol. The zero-order valence-electron chi connectivity index (χ0n) is 17.7. The summed E-state index contributed by atoms with van der Waals surface area (Å²) in [7, 11) is 0. The second kappa shape index (κ2) is 8.96. The molecule has 1 N–H and O–H groups in total. The predicted octanol–water partition coefficient (Wildman–Crippen LogP) is 4.62. The Balaban J connectivity index is 1.95. The lowest BCUT2D eigenvalue weighted by Crippen LogP contribution is -2.29. The fourth-order valence-corrected chi connectivity index (χ4v) is 3.90. The van der Waals surface area contributed by atoms with Gasteiger partial charge in [-0.1, -0.05) is 42.5 Å². The first-order valence-electron chi connectivity index (χ1n) is 10.3. The lowest BCUT2D eigenvalue weighted by atomic mass is 9.94. The number of carbonyl (C=O) groups is 2. The van der Waals surface area contributed by atoms with Gasteiger partial charge in [-0.2, -0.15) is 0 Å². The van der Waals surface area contributed by atoms with E-state index in [1.54, 1.807) is 60.7 Å². The van der Waals surface area contributed by atoms with Gasteiger partial charge < -0.3 is 9.84 Å². The van der Waals surface area contributed by atoms with Crippen LogP contribution in [0.5, 0.6) is 5.75 Å². The second-order valence-electron chi connectivity index (χ2n) is 7.28. The van der Waals surface area contributed by atoms with Gasteiger partial charge in [-0.25, -0.2) is 0 Å². The van der Waals surface area contributed by atoms with Gasteiger partial charge in [0.15, 0.2) is 0 Å². The van der Waals surface area contributed by atoms with Crippen LogP contribution in [-0.2, 0) is 9.59 Å². The van der Waals surface area contributed by atoms with Crippen LogP contribution >= 0.6 is 0 Å². The van der Waals surface area contributed by atoms with E-state index in [1.165, 1.54) is 23.1 Å². The van der Waals surface area contributed by atoms with E-state index in [4.69, 9.17) is 4.74 Å². The van der Waals surface area contributed by atoms with Crippen molar-refractivity contribution in [2.24, 2.45) is 0 Å². The molecule has 4 rings (SSSR count). The van der Waals surface area contributed by atoms with E-state index in [9.17, 15) is 24.8 Å². The maximum Gasteiger partial charge on any atom is 0.300 e. The van der Waals surface area contributed by atoms with Crippen LogP contribution in [0.3, 0.4) is 0 Å². The summed E-state index contributed by atoms with van der Waals surface area (Å²) in [4.78, 5) is 38.7. The van der Waals surface area contributed by atoms with Crippen LogP contribution in [-0.4, -0.2) is 28.3 Å². The maximum absolute atomic E-state index is 13.2. The molecule has 33 heavy (non-hydrogen) atoms. The minimum atomic E-state index is -1.19. The first-order valence-corrected chi connectivity index (χ1v) is 10.3. The van der Waals surface area contributed by atoms with Crippen molar-refractivity contribution in [3.63, 3.8) is 0 Å².